The van der Waals surface area contributed by atoms with Gasteiger partial charge in [0.1, 0.15) is 0 Å². The first-order chi connectivity index (χ1) is 5.99. The van der Waals surface area contributed by atoms with E-state index in [0.29, 0.717) is 19.0 Å². The van der Waals surface area contributed by atoms with Gasteiger partial charge in [-0.05, 0) is 25.9 Å². The number of alkyl halides is 4. The number of hydrogen-bond acceptors (Lipinski definition) is 1. The Balaban J connectivity index is 3.63. The first-order valence-corrected chi connectivity index (χ1v) is 4.88. The zero-order valence-electron chi connectivity index (χ0n) is 7.70. The summed E-state index contributed by atoms with van der Waals surface area (Å²) < 4.78 is 35.8. The van der Waals surface area contributed by atoms with Crippen LogP contribution in [-0.4, -0.2) is 36.6 Å². The summed E-state index contributed by atoms with van der Waals surface area (Å²) in [5.74, 6) is 0.517. The molecule has 0 saturated heterocycles. The largest absolute Gasteiger partial charge is 0.401 e. The minimum absolute atomic E-state index is 0.432. The molecule has 0 aromatic heterocycles. The molecule has 0 radical (unpaired) electrons. The molecule has 0 spiro atoms. The third-order valence-electron chi connectivity index (χ3n) is 1.71. The van der Waals surface area contributed by atoms with Gasteiger partial charge < -0.3 is 0 Å². The van der Waals surface area contributed by atoms with Crippen LogP contribution in [0.1, 0.15) is 19.8 Å². The topological polar surface area (TPSA) is 3.24 Å². The number of nitrogens with zero attached hydrogens (tertiary/aromatic N) is 1. The van der Waals surface area contributed by atoms with Gasteiger partial charge in [-0.1, -0.05) is 6.92 Å². The predicted octanol–water partition coefficient (Wildman–Crippen LogP) is 2.89. The van der Waals surface area contributed by atoms with Gasteiger partial charge in [0.2, 0.25) is 0 Å². The SMILES string of the molecule is CCN(CCCCCl)CC(F)(F)F. The number of unbranched alkanes of at least 4 members (excludes halogenated alkanes) is 1. The van der Waals surface area contributed by atoms with Gasteiger partial charge in [-0.15, -0.1) is 11.6 Å². The van der Waals surface area contributed by atoms with Crippen molar-refractivity contribution in [1.82, 2.24) is 4.90 Å². The minimum Gasteiger partial charge on any atom is -0.295 e. The van der Waals surface area contributed by atoms with Crippen LogP contribution in [0, 0.1) is 0 Å². The molecule has 0 N–H and O–H groups in total. The van der Waals surface area contributed by atoms with Crippen molar-refractivity contribution in [3.63, 3.8) is 0 Å². The maximum Gasteiger partial charge on any atom is 0.401 e. The number of halogens is 4. The van der Waals surface area contributed by atoms with E-state index < -0.39 is 12.7 Å². The van der Waals surface area contributed by atoms with Crippen molar-refractivity contribution >= 4 is 11.6 Å². The molecule has 0 amide bonds. The van der Waals surface area contributed by atoms with Gasteiger partial charge in [0.15, 0.2) is 0 Å². The fourth-order valence-electron chi connectivity index (χ4n) is 1.03. The van der Waals surface area contributed by atoms with Crippen molar-refractivity contribution in [1.29, 1.82) is 0 Å². The quantitative estimate of drug-likeness (QED) is 0.489. The molecule has 0 fully saturated rings. The minimum atomic E-state index is -4.09. The van der Waals surface area contributed by atoms with E-state index in [2.05, 4.69) is 0 Å². The van der Waals surface area contributed by atoms with E-state index >= 15 is 0 Å². The van der Waals surface area contributed by atoms with Crippen molar-refractivity contribution in [3.05, 3.63) is 0 Å². The molecule has 0 saturated carbocycles. The van der Waals surface area contributed by atoms with Gasteiger partial charge >= 0.3 is 6.18 Å². The number of hydrogen-bond donors (Lipinski definition) is 0. The molecule has 0 aromatic carbocycles. The van der Waals surface area contributed by atoms with Gasteiger partial charge in [-0.2, -0.15) is 13.2 Å². The van der Waals surface area contributed by atoms with Crippen LogP contribution in [0.15, 0.2) is 0 Å². The molecule has 0 unspecified atom stereocenters. The molecule has 0 atom stereocenters. The average Bonchev–Trinajstić information content (AvgIpc) is 2.01. The van der Waals surface area contributed by atoms with E-state index in [1.54, 1.807) is 6.92 Å². The molecule has 0 heterocycles. The maximum absolute atomic E-state index is 11.9. The van der Waals surface area contributed by atoms with Crippen molar-refractivity contribution < 1.29 is 13.2 Å². The lowest BCUT2D eigenvalue weighted by atomic mass is 10.3. The Labute approximate surface area is 81.9 Å². The normalized spacial score (nSPS) is 12.5. The molecule has 0 aliphatic carbocycles. The molecular formula is C8H15ClF3N. The van der Waals surface area contributed by atoms with Crippen LogP contribution in [-0.2, 0) is 0 Å². The summed E-state index contributed by atoms with van der Waals surface area (Å²) >= 11 is 5.42. The molecular weight excluding hydrogens is 203 g/mol. The van der Waals surface area contributed by atoms with Crippen molar-refractivity contribution in [2.45, 2.75) is 25.9 Å². The Hall–Kier alpha value is 0.0400. The summed E-state index contributed by atoms with van der Waals surface area (Å²) in [5.41, 5.74) is 0. The Morgan fingerprint density at radius 3 is 2.23 bits per heavy atom. The summed E-state index contributed by atoms with van der Waals surface area (Å²) in [7, 11) is 0. The summed E-state index contributed by atoms with van der Waals surface area (Å²) in [4.78, 5) is 1.38. The van der Waals surface area contributed by atoms with Crippen LogP contribution < -0.4 is 0 Å². The summed E-state index contributed by atoms with van der Waals surface area (Å²) in [5, 5.41) is 0. The third kappa shape index (κ3) is 8.37. The molecule has 0 aliphatic rings. The zero-order valence-corrected chi connectivity index (χ0v) is 8.46. The third-order valence-corrected chi connectivity index (χ3v) is 1.98. The second kappa shape index (κ2) is 6.49. The van der Waals surface area contributed by atoms with E-state index in [9.17, 15) is 13.2 Å². The second-order valence-corrected chi connectivity index (χ2v) is 3.26. The van der Waals surface area contributed by atoms with E-state index in [1.807, 2.05) is 0 Å². The fourth-order valence-corrected chi connectivity index (χ4v) is 1.22. The highest BCUT2D eigenvalue weighted by Crippen LogP contribution is 2.16. The highest BCUT2D eigenvalue weighted by Gasteiger charge is 2.29. The monoisotopic (exact) mass is 217 g/mol. The lowest BCUT2D eigenvalue weighted by Crippen LogP contribution is -2.34. The molecule has 80 valence electrons. The standard InChI is InChI=1S/C8H15ClF3N/c1-2-13(6-4-3-5-9)7-8(10,11)12/h2-7H2,1H3. The Morgan fingerprint density at radius 2 is 1.85 bits per heavy atom. The molecule has 0 aromatic rings. The van der Waals surface area contributed by atoms with Gasteiger partial charge in [0, 0.05) is 5.88 Å². The van der Waals surface area contributed by atoms with Crippen LogP contribution in [0.2, 0.25) is 0 Å². The smallest absolute Gasteiger partial charge is 0.295 e. The zero-order chi connectivity index (χ0) is 10.3. The predicted molar refractivity (Wildman–Crippen MR) is 48.1 cm³/mol. The lowest BCUT2D eigenvalue weighted by Gasteiger charge is -2.21. The average molecular weight is 218 g/mol. The van der Waals surface area contributed by atoms with Gasteiger partial charge in [-0.3, -0.25) is 4.90 Å². The lowest BCUT2D eigenvalue weighted by molar-refractivity contribution is -0.145. The Morgan fingerprint density at radius 1 is 1.23 bits per heavy atom. The molecule has 13 heavy (non-hydrogen) atoms. The van der Waals surface area contributed by atoms with Crippen LogP contribution in [0.3, 0.4) is 0 Å². The molecule has 0 aliphatic heterocycles. The molecule has 0 rings (SSSR count). The van der Waals surface area contributed by atoms with Crippen LogP contribution in [0.25, 0.3) is 0 Å². The Kier molecular flexibility index (Phi) is 6.51. The molecule has 0 bridgehead atoms. The van der Waals surface area contributed by atoms with E-state index in [-0.39, 0.29) is 0 Å². The van der Waals surface area contributed by atoms with Crippen LogP contribution in [0.5, 0.6) is 0 Å². The van der Waals surface area contributed by atoms with Crippen molar-refractivity contribution in [2.24, 2.45) is 0 Å². The molecule has 5 heteroatoms. The summed E-state index contributed by atoms with van der Waals surface area (Å²) in [6.07, 6.45) is -2.58. The first-order valence-electron chi connectivity index (χ1n) is 4.34. The highest BCUT2D eigenvalue weighted by molar-refractivity contribution is 6.17. The summed E-state index contributed by atoms with van der Waals surface area (Å²) in [6.45, 7) is 1.82. The van der Waals surface area contributed by atoms with Crippen molar-refractivity contribution in [2.75, 3.05) is 25.5 Å². The Bertz CT molecular complexity index is 127. The van der Waals surface area contributed by atoms with E-state index in [1.165, 1.54) is 4.90 Å². The van der Waals surface area contributed by atoms with Crippen molar-refractivity contribution in [3.8, 4) is 0 Å². The van der Waals surface area contributed by atoms with Crippen LogP contribution in [0.4, 0.5) is 13.2 Å². The fraction of sp³-hybridized carbons (Fsp3) is 1.00. The van der Waals surface area contributed by atoms with Crippen LogP contribution >= 0.6 is 11.6 Å². The second-order valence-electron chi connectivity index (χ2n) is 2.88. The van der Waals surface area contributed by atoms with Gasteiger partial charge in [-0.25, -0.2) is 0 Å². The first kappa shape index (κ1) is 13.0. The van der Waals surface area contributed by atoms with Gasteiger partial charge in [0.05, 0.1) is 6.54 Å². The highest BCUT2D eigenvalue weighted by atomic mass is 35.5. The molecule has 1 nitrogen and oxygen atoms in total. The van der Waals surface area contributed by atoms with Gasteiger partial charge in [0.25, 0.3) is 0 Å². The summed E-state index contributed by atoms with van der Waals surface area (Å²) in [6, 6.07) is 0. The van der Waals surface area contributed by atoms with E-state index in [0.717, 1.165) is 12.8 Å². The van der Waals surface area contributed by atoms with E-state index in [4.69, 9.17) is 11.6 Å². The maximum atomic E-state index is 11.9. The number of rotatable bonds is 6.